The summed E-state index contributed by atoms with van der Waals surface area (Å²) in [7, 11) is 0. The Labute approximate surface area is 165 Å². The van der Waals surface area contributed by atoms with Gasteiger partial charge in [-0.2, -0.15) is 0 Å². The van der Waals surface area contributed by atoms with Crippen molar-refractivity contribution in [1.29, 1.82) is 0 Å². The Morgan fingerprint density at radius 1 is 0.786 bits per heavy atom. The first kappa shape index (κ1) is 19.4. The molecule has 2 amide bonds. The van der Waals surface area contributed by atoms with Crippen LogP contribution in [-0.4, -0.2) is 11.8 Å². The second kappa shape index (κ2) is 9.00. The minimum Gasteiger partial charge on any atom is -0.348 e. The summed E-state index contributed by atoms with van der Waals surface area (Å²) >= 11 is 0. The summed E-state index contributed by atoms with van der Waals surface area (Å²) in [6.45, 7) is 4.58. The SMILES string of the molecule is CCc1ccc(NC(=O)c2ccc(C(=O)NCc3ccccc3C)cc2)cc1. The second-order valence-corrected chi connectivity index (χ2v) is 6.69. The molecule has 2 N–H and O–H groups in total. The molecule has 3 rings (SSSR count). The summed E-state index contributed by atoms with van der Waals surface area (Å²) in [5.74, 6) is -0.360. The molecule has 3 aromatic carbocycles. The van der Waals surface area contributed by atoms with Crippen LogP contribution in [-0.2, 0) is 13.0 Å². The maximum Gasteiger partial charge on any atom is 0.255 e. The Bertz CT molecular complexity index is 961. The molecule has 0 heterocycles. The van der Waals surface area contributed by atoms with Crippen molar-refractivity contribution in [1.82, 2.24) is 5.32 Å². The van der Waals surface area contributed by atoms with Crippen LogP contribution in [0.2, 0.25) is 0 Å². The van der Waals surface area contributed by atoms with Crippen LogP contribution in [0.25, 0.3) is 0 Å². The number of carbonyl (C=O) groups is 2. The molecule has 0 atom stereocenters. The fourth-order valence-electron chi connectivity index (χ4n) is 2.89. The fourth-order valence-corrected chi connectivity index (χ4v) is 2.89. The van der Waals surface area contributed by atoms with Gasteiger partial charge >= 0.3 is 0 Å². The number of benzene rings is 3. The largest absolute Gasteiger partial charge is 0.348 e. The standard InChI is InChI=1S/C24H24N2O2/c1-3-18-8-14-22(15-9-18)26-24(28)20-12-10-19(11-13-20)23(27)25-16-21-7-5-4-6-17(21)2/h4-15H,3,16H2,1-2H3,(H,25,27)(H,26,28). The van der Waals surface area contributed by atoms with Gasteiger partial charge in [0.1, 0.15) is 0 Å². The lowest BCUT2D eigenvalue weighted by atomic mass is 10.1. The van der Waals surface area contributed by atoms with Gasteiger partial charge in [0.15, 0.2) is 0 Å². The fraction of sp³-hybridized carbons (Fsp3) is 0.167. The predicted molar refractivity (Wildman–Crippen MR) is 113 cm³/mol. The molecule has 4 heteroatoms. The summed E-state index contributed by atoms with van der Waals surface area (Å²) < 4.78 is 0. The highest BCUT2D eigenvalue weighted by molar-refractivity contribution is 6.05. The Morgan fingerprint density at radius 2 is 1.39 bits per heavy atom. The van der Waals surface area contributed by atoms with Gasteiger partial charge in [-0.3, -0.25) is 9.59 Å². The van der Waals surface area contributed by atoms with Gasteiger partial charge in [-0.25, -0.2) is 0 Å². The van der Waals surface area contributed by atoms with Crippen molar-refractivity contribution >= 4 is 17.5 Å². The van der Waals surface area contributed by atoms with Crippen LogP contribution in [0.3, 0.4) is 0 Å². The Kier molecular flexibility index (Phi) is 6.22. The van der Waals surface area contributed by atoms with Crippen molar-refractivity contribution in [2.45, 2.75) is 26.8 Å². The van der Waals surface area contributed by atoms with Gasteiger partial charge in [0.25, 0.3) is 11.8 Å². The molecule has 0 aliphatic heterocycles. The number of aryl methyl sites for hydroxylation is 2. The number of anilines is 1. The molecule has 0 radical (unpaired) electrons. The highest BCUT2D eigenvalue weighted by Crippen LogP contribution is 2.13. The van der Waals surface area contributed by atoms with Crippen molar-refractivity contribution in [3.8, 4) is 0 Å². The molecule has 0 aliphatic rings. The lowest BCUT2D eigenvalue weighted by Crippen LogP contribution is -2.23. The van der Waals surface area contributed by atoms with Crippen molar-refractivity contribution in [3.63, 3.8) is 0 Å². The molecule has 0 unspecified atom stereocenters. The molecule has 0 aliphatic carbocycles. The van der Waals surface area contributed by atoms with Gasteiger partial charge in [-0.1, -0.05) is 43.3 Å². The maximum absolute atomic E-state index is 12.4. The van der Waals surface area contributed by atoms with Crippen molar-refractivity contribution in [2.75, 3.05) is 5.32 Å². The highest BCUT2D eigenvalue weighted by atomic mass is 16.2. The van der Waals surface area contributed by atoms with Crippen LogP contribution in [0.4, 0.5) is 5.69 Å². The zero-order valence-corrected chi connectivity index (χ0v) is 16.2. The van der Waals surface area contributed by atoms with E-state index in [-0.39, 0.29) is 11.8 Å². The topological polar surface area (TPSA) is 58.2 Å². The quantitative estimate of drug-likeness (QED) is 0.657. The number of rotatable bonds is 6. The number of carbonyl (C=O) groups excluding carboxylic acids is 2. The normalized spacial score (nSPS) is 10.4. The molecule has 142 valence electrons. The molecular weight excluding hydrogens is 348 g/mol. The van der Waals surface area contributed by atoms with Gasteiger partial charge < -0.3 is 10.6 Å². The van der Waals surface area contributed by atoms with E-state index < -0.39 is 0 Å². The summed E-state index contributed by atoms with van der Waals surface area (Å²) in [4.78, 5) is 24.7. The third-order valence-corrected chi connectivity index (χ3v) is 4.73. The molecule has 28 heavy (non-hydrogen) atoms. The molecule has 0 spiro atoms. The van der Waals surface area contributed by atoms with Gasteiger partial charge in [0.2, 0.25) is 0 Å². The van der Waals surface area contributed by atoms with Crippen molar-refractivity contribution < 1.29 is 9.59 Å². The molecule has 0 bridgehead atoms. The number of nitrogens with one attached hydrogen (secondary N) is 2. The summed E-state index contributed by atoms with van der Waals surface area (Å²) in [6.07, 6.45) is 0.960. The van der Waals surface area contributed by atoms with Crippen LogP contribution in [0.1, 0.15) is 44.3 Å². The number of hydrogen-bond acceptors (Lipinski definition) is 2. The summed E-state index contributed by atoms with van der Waals surface area (Å²) in [5.41, 5.74) is 5.23. The third kappa shape index (κ3) is 4.86. The molecule has 3 aromatic rings. The van der Waals surface area contributed by atoms with E-state index in [9.17, 15) is 9.59 Å². The van der Waals surface area contributed by atoms with Crippen LogP contribution >= 0.6 is 0 Å². The average molecular weight is 372 g/mol. The van der Waals surface area contributed by atoms with E-state index in [0.29, 0.717) is 17.7 Å². The van der Waals surface area contributed by atoms with Gasteiger partial charge in [-0.15, -0.1) is 0 Å². The monoisotopic (exact) mass is 372 g/mol. The first-order valence-corrected chi connectivity index (χ1v) is 9.40. The molecule has 0 fully saturated rings. The van der Waals surface area contributed by atoms with Crippen LogP contribution in [0.5, 0.6) is 0 Å². The Balaban J connectivity index is 1.59. The summed E-state index contributed by atoms with van der Waals surface area (Å²) in [5, 5.41) is 5.79. The Morgan fingerprint density at radius 3 is 2.00 bits per heavy atom. The van der Waals surface area contributed by atoms with Gasteiger partial charge in [0, 0.05) is 23.4 Å². The second-order valence-electron chi connectivity index (χ2n) is 6.69. The van der Waals surface area contributed by atoms with Crippen LogP contribution in [0.15, 0.2) is 72.8 Å². The zero-order chi connectivity index (χ0) is 19.9. The average Bonchev–Trinajstić information content (AvgIpc) is 2.73. The lowest BCUT2D eigenvalue weighted by molar-refractivity contribution is 0.0949. The first-order chi connectivity index (χ1) is 13.6. The first-order valence-electron chi connectivity index (χ1n) is 9.40. The zero-order valence-electron chi connectivity index (χ0n) is 16.2. The van der Waals surface area contributed by atoms with Gasteiger partial charge in [0.05, 0.1) is 0 Å². The molecule has 0 saturated carbocycles. The molecule has 0 aromatic heterocycles. The number of hydrogen-bond donors (Lipinski definition) is 2. The summed E-state index contributed by atoms with van der Waals surface area (Å²) in [6, 6.07) is 22.4. The molecule has 0 saturated heterocycles. The molecule has 4 nitrogen and oxygen atoms in total. The Hall–Kier alpha value is -3.40. The van der Waals surface area contributed by atoms with E-state index in [4.69, 9.17) is 0 Å². The van der Waals surface area contributed by atoms with E-state index in [1.807, 2.05) is 55.5 Å². The van der Waals surface area contributed by atoms with E-state index in [1.165, 1.54) is 5.56 Å². The minimum absolute atomic E-state index is 0.162. The minimum atomic E-state index is -0.198. The van der Waals surface area contributed by atoms with Gasteiger partial charge in [-0.05, 0) is 66.4 Å². The highest BCUT2D eigenvalue weighted by Gasteiger charge is 2.10. The third-order valence-electron chi connectivity index (χ3n) is 4.73. The number of amides is 2. The van der Waals surface area contributed by atoms with Crippen LogP contribution in [0, 0.1) is 6.92 Å². The molecular formula is C24H24N2O2. The van der Waals surface area contributed by atoms with Crippen molar-refractivity contribution in [2.24, 2.45) is 0 Å². The van der Waals surface area contributed by atoms with E-state index in [1.54, 1.807) is 24.3 Å². The van der Waals surface area contributed by atoms with Crippen molar-refractivity contribution in [3.05, 3.63) is 101 Å². The van der Waals surface area contributed by atoms with E-state index in [2.05, 4.69) is 17.6 Å². The maximum atomic E-state index is 12.4. The smallest absolute Gasteiger partial charge is 0.255 e. The lowest BCUT2D eigenvalue weighted by Gasteiger charge is -2.09. The van der Waals surface area contributed by atoms with Crippen LogP contribution < -0.4 is 10.6 Å². The van der Waals surface area contributed by atoms with E-state index in [0.717, 1.165) is 23.2 Å². The van der Waals surface area contributed by atoms with E-state index >= 15 is 0 Å². The predicted octanol–water partition coefficient (Wildman–Crippen LogP) is 4.74.